The molecule has 2 aliphatic rings. The molecule has 5 atom stereocenters. The van der Waals surface area contributed by atoms with Gasteiger partial charge in [-0.25, -0.2) is 4.79 Å². The standard InChI is InChI=1S/C26H41N3O3/c1-18(2)13-21(17-30)24(29(25(31)32)26(3,4)5)27-23-12-11-20-15-28(16-22(20)23)14-19-9-7-6-8-10-19/h6-10,17-18,20-24,27H,11-16H2,1-5H3,(H,31,32)/t20-,21-,22+,23-,24?/m1/s1. The van der Waals surface area contributed by atoms with Gasteiger partial charge < -0.3 is 9.90 Å². The van der Waals surface area contributed by atoms with Crippen LogP contribution in [0.15, 0.2) is 30.3 Å². The number of hydrogen-bond acceptors (Lipinski definition) is 4. The summed E-state index contributed by atoms with van der Waals surface area (Å²) in [7, 11) is 0. The van der Waals surface area contributed by atoms with Gasteiger partial charge in [0.2, 0.25) is 0 Å². The van der Waals surface area contributed by atoms with E-state index in [0.717, 1.165) is 38.8 Å². The molecule has 1 saturated heterocycles. The van der Waals surface area contributed by atoms with E-state index in [1.165, 1.54) is 10.5 Å². The van der Waals surface area contributed by atoms with Crippen molar-refractivity contribution in [1.29, 1.82) is 0 Å². The molecule has 1 amide bonds. The third kappa shape index (κ3) is 5.90. The normalized spacial score (nSPS) is 25.5. The summed E-state index contributed by atoms with van der Waals surface area (Å²) in [5.41, 5.74) is 0.729. The van der Waals surface area contributed by atoms with E-state index >= 15 is 0 Å². The van der Waals surface area contributed by atoms with Gasteiger partial charge in [0.05, 0.1) is 6.17 Å². The Morgan fingerprint density at radius 1 is 1.22 bits per heavy atom. The van der Waals surface area contributed by atoms with E-state index in [2.05, 4.69) is 48.3 Å². The van der Waals surface area contributed by atoms with Gasteiger partial charge in [0.1, 0.15) is 6.29 Å². The monoisotopic (exact) mass is 443 g/mol. The Morgan fingerprint density at radius 2 is 1.91 bits per heavy atom. The Hall–Kier alpha value is -1.92. The van der Waals surface area contributed by atoms with Crippen LogP contribution in [0.5, 0.6) is 0 Å². The number of fused-ring (bicyclic) bond motifs is 1. The van der Waals surface area contributed by atoms with E-state index in [9.17, 15) is 14.7 Å². The molecule has 1 heterocycles. The zero-order valence-corrected chi connectivity index (χ0v) is 20.3. The maximum atomic E-state index is 12.3. The second-order valence-corrected chi connectivity index (χ2v) is 11.2. The Morgan fingerprint density at radius 3 is 2.47 bits per heavy atom. The van der Waals surface area contributed by atoms with Crippen molar-refractivity contribution in [3.05, 3.63) is 35.9 Å². The SMILES string of the molecule is CC(C)C[C@H](C=O)C(N[C@@H]1CC[C@@H]2CN(Cc3ccccc3)C[C@@H]21)N(C(=O)O)C(C)(C)C. The fraction of sp³-hybridized carbons (Fsp3) is 0.692. The lowest BCUT2D eigenvalue weighted by Gasteiger charge is -2.44. The molecule has 1 aromatic rings. The van der Waals surface area contributed by atoms with Gasteiger partial charge in [-0.2, -0.15) is 0 Å². The number of carbonyl (C=O) groups is 2. The molecule has 1 aromatic carbocycles. The van der Waals surface area contributed by atoms with Crippen LogP contribution in [-0.2, 0) is 11.3 Å². The summed E-state index contributed by atoms with van der Waals surface area (Å²) in [6.07, 6.45) is 2.33. The summed E-state index contributed by atoms with van der Waals surface area (Å²) in [5.74, 6) is 1.06. The molecule has 2 N–H and O–H groups in total. The first kappa shape index (κ1) is 24.7. The molecule has 1 aliphatic heterocycles. The minimum absolute atomic E-state index is 0.226. The summed E-state index contributed by atoms with van der Waals surface area (Å²) in [6, 6.07) is 10.8. The summed E-state index contributed by atoms with van der Waals surface area (Å²) in [6.45, 7) is 12.9. The van der Waals surface area contributed by atoms with Crippen molar-refractivity contribution >= 4 is 12.4 Å². The number of carboxylic acid groups (broad SMARTS) is 1. The number of benzene rings is 1. The fourth-order valence-electron chi connectivity index (χ4n) is 5.77. The van der Waals surface area contributed by atoms with Crippen LogP contribution < -0.4 is 5.32 Å². The molecule has 3 rings (SSSR count). The van der Waals surface area contributed by atoms with Crippen LogP contribution in [-0.4, -0.2) is 58.1 Å². The maximum Gasteiger partial charge on any atom is 0.409 e. The van der Waals surface area contributed by atoms with Crippen LogP contribution in [0.4, 0.5) is 4.79 Å². The molecular formula is C26H41N3O3. The lowest BCUT2D eigenvalue weighted by atomic mass is 9.90. The van der Waals surface area contributed by atoms with Gasteiger partial charge in [-0.3, -0.25) is 15.1 Å². The van der Waals surface area contributed by atoms with Crippen molar-refractivity contribution in [3.8, 4) is 0 Å². The van der Waals surface area contributed by atoms with Crippen LogP contribution in [0.25, 0.3) is 0 Å². The highest BCUT2D eigenvalue weighted by atomic mass is 16.4. The van der Waals surface area contributed by atoms with Gasteiger partial charge >= 0.3 is 6.09 Å². The minimum atomic E-state index is -0.975. The van der Waals surface area contributed by atoms with E-state index < -0.39 is 17.8 Å². The number of nitrogens with zero attached hydrogens (tertiary/aromatic N) is 2. The molecule has 0 aromatic heterocycles. The number of carbonyl (C=O) groups excluding carboxylic acids is 1. The molecule has 2 fully saturated rings. The van der Waals surface area contributed by atoms with Gasteiger partial charge in [-0.05, 0) is 63.4 Å². The lowest BCUT2D eigenvalue weighted by Crippen LogP contribution is -2.62. The largest absolute Gasteiger partial charge is 0.465 e. The van der Waals surface area contributed by atoms with E-state index in [1.807, 2.05) is 26.8 Å². The molecule has 0 bridgehead atoms. The molecule has 178 valence electrons. The van der Waals surface area contributed by atoms with Crippen molar-refractivity contribution in [1.82, 2.24) is 15.1 Å². The van der Waals surface area contributed by atoms with E-state index in [-0.39, 0.29) is 12.0 Å². The fourth-order valence-corrected chi connectivity index (χ4v) is 5.77. The first-order valence-electron chi connectivity index (χ1n) is 12.1. The number of aldehydes is 1. The zero-order valence-electron chi connectivity index (χ0n) is 20.3. The van der Waals surface area contributed by atoms with Gasteiger partial charge in [-0.1, -0.05) is 44.2 Å². The average molecular weight is 444 g/mol. The number of likely N-dealkylation sites (tertiary alicyclic amines) is 1. The first-order chi connectivity index (χ1) is 15.1. The molecule has 6 heteroatoms. The predicted octanol–water partition coefficient (Wildman–Crippen LogP) is 4.45. The predicted molar refractivity (Wildman–Crippen MR) is 127 cm³/mol. The second kappa shape index (κ2) is 10.3. The van der Waals surface area contributed by atoms with Crippen molar-refractivity contribution in [2.75, 3.05) is 13.1 Å². The quantitative estimate of drug-likeness (QED) is 0.436. The Balaban J connectivity index is 1.76. The van der Waals surface area contributed by atoms with Gasteiger partial charge in [0.15, 0.2) is 0 Å². The van der Waals surface area contributed by atoms with Gasteiger partial charge in [0.25, 0.3) is 0 Å². The van der Waals surface area contributed by atoms with Crippen molar-refractivity contribution in [2.45, 2.75) is 78.2 Å². The molecule has 0 radical (unpaired) electrons. The highest BCUT2D eigenvalue weighted by molar-refractivity contribution is 5.68. The number of nitrogens with one attached hydrogen (secondary N) is 1. The lowest BCUT2D eigenvalue weighted by molar-refractivity contribution is -0.115. The van der Waals surface area contributed by atoms with Crippen LogP contribution in [0.2, 0.25) is 0 Å². The summed E-state index contributed by atoms with van der Waals surface area (Å²) < 4.78 is 0. The van der Waals surface area contributed by atoms with Crippen LogP contribution in [0.1, 0.15) is 59.4 Å². The van der Waals surface area contributed by atoms with E-state index in [4.69, 9.17) is 0 Å². The highest BCUT2D eigenvalue weighted by Crippen LogP contribution is 2.39. The third-order valence-corrected chi connectivity index (χ3v) is 7.10. The Bertz CT molecular complexity index is 761. The minimum Gasteiger partial charge on any atom is -0.465 e. The van der Waals surface area contributed by atoms with Crippen LogP contribution in [0.3, 0.4) is 0 Å². The smallest absolute Gasteiger partial charge is 0.409 e. The molecule has 32 heavy (non-hydrogen) atoms. The molecule has 0 spiro atoms. The average Bonchev–Trinajstić information content (AvgIpc) is 3.26. The highest BCUT2D eigenvalue weighted by Gasteiger charge is 2.46. The Labute approximate surface area is 193 Å². The second-order valence-electron chi connectivity index (χ2n) is 11.2. The zero-order chi connectivity index (χ0) is 23.5. The maximum absolute atomic E-state index is 12.3. The van der Waals surface area contributed by atoms with Crippen molar-refractivity contribution in [2.24, 2.45) is 23.7 Å². The number of amides is 1. The first-order valence-corrected chi connectivity index (χ1v) is 12.1. The summed E-state index contributed by atoms with van der Waals surface area (Å²) in [5, 5.41) is 13.8. The molecule has 1 unspecified atom stereocenters. The molecule has 1 saturated carbocycles. The van der Waals surface area contributed by atoms with E-state index in [1.54, 1.807) is 0 Å². The van der Waals surface area contributed by atoms with E-state index in [0.29, 0.717) is 24.2 Å². The van der Waals surface area contributed by atoms with Gasteiger partial charge in [0, 0.05) is 37.1 Å². The summed E-state index contributed by atoms with van der Waals surface area (Å²) >= 11 is 0. The number of rotatable bonds is 9. The molecule has 1 aliphatic carbocycles. The third-order valence-electron chi connectivity index (χ3n) is 7.10. The topological polar surface area (TPSA) is 72.9 Å². The molecule has 6 nitrogen and oxygen atoms in total. The van der Waals surface area contributed by atoms with Gasteiger partial charge in [-0.15, -0.1) is 0 Å². The van der Waals surface area contributed by atoms with Crippen LogP contribution in [0, 0.1) is 23.7 Å². The molecular weight excluding hydrogens is 402 g/mol. The van der Waals surface area contributed by atoms with Crippen molar-refractivity contribution < 1.29 is 14.7 Å². The van der Waals surface area contributed by atoms with Crippen LogP contribution >= 0.6 is 0 Å². The number of hydrogen-bond donors (Lipinski definition) is 2. The van der Waals surface area contributed by atoms with Crippen molar-refractivity contribution in [3.63, 3.8) is 0 Å². The summed E-state index contributed by atoms with van der Waals surface area (Å²) in [4.78, 5) is 28.4. The Kier molecular flexibility index (Phi) is 7.99.